The predicted octanol–water partition coefficient (Wildman–Crippen LogP) is 2.75. The van der Waals surface area contributed by atoms with Crippen molar-refractivity contribution in [2.24, 2.45) is 5.92 Å². The van der Waals surface area contributed by atoms with Crippen LogP contribution in [0.4, 0.5) is 0 Å². The van der Waals surface area contributed by atoms with Gasteiger partial charge in [0.2, 0.25) is 5.91 Å². The molecule has 0 radical (unpaired) electrons. The molecule has 18 heavy (non-hydrogen) atoms. The third-order valence-electron chi connectivity index (χ3n) is 3.32. The SMILES string of the molecule is CCNC(=O)C1CCN(Cc2ccc(Cl)s2)CC1. The number of hydrogen-bond acceptors (Lipinski definition) is 3. The zero-order valence-corrected chi connectivity index (χ0v) is 12.2. The number of likely N-dealkylation sites (tertiary alicyclic amines) is 1. The minimum atomic E-state index is 0.202. The molecule has 0 atom stereocenters. The van der Waals surface area contributed by atoms with Crippen molar-refractivity contribution in [1.82, 2.24) is 10.2 Å². The second-order valence-corrected chi connectivity index (χ2v) is 6.45. The van der Waals surface area contributed by atoms with Crippen molar-refractivity contribution >= 4 is 28.8 Å². The van der Waals surface area contributed by atoms with Gasteiger partial charge in [-0.3, -0.25) is 9.69 Å². The zero-order valence-electron chi connectivity index (χ0n) is 10.6. The molecule has 1 fully saturated rings. The van der Waals surface area contributed by atoms with E-state index >= 15 is 0 Å². The van der Waals surface area contributed by atoms with Gasteiger partial charge in [-0.25, -0.2) is 0 Å². The number of hydrogen-bond donors (Lipinski definition) is 1. The second kappa shape index (κ2) is 6.55. The molecule has 1 aromatic rings. The third kappa shape index (κ3) is 3.70. The minimum Gasteiger partial charge on any atom is -0.356 e. The summed E-state index contributed by atoms with van der Waals surface area (Å²) in [5.74, 6) is 0.421. The maximum Gasteiger partial charge on any atom is 0.223 e. The Balaban J connectivity index is 1.78. The summed E-state index contributed by atoms with van der Waals surface area (Å²) in [5, 5.41) is 2.91. The van der Waals surface area contributed by atoms with Crippen LogP contribution in [0.15, 0.2) is 12.1 Å². The number of nitrogens with one attached hydrogen (secondary N) is 1. The van der Waals surface area contributed by atoms with Crippen molar-refractivity contribution in [3.8, 4) is 0 Å². The molecule has 0 aromatic carbocycles. The van der Waals surface area contributed by atoms with Crippen LogP contribution in [-0.2, 0) is 11.3 Å². The first-order chi connectivity index (χ1) is 8.69. The number of carbonyl (C=O) groups excluding carboxylic acids is 1. The lowest BCUT2D eigenvalue weighted by Crippen LogP contribution is -2.40. The smallest absolute Gasteiger partial charge is 0.223 e. The largest absolute Gasteiger partial charge is 0.356 e. The highest BCUT2D eigenvalue weighted by Gasteiger charge is 2.24. The third-order valence-corrected chi connectivity index (χ3v) is 4.53. The van der Waals surface area contributed by atoms with Crippen molar-refractivity contribution in [3.63, 3.8) is 0 Å². The highest BCUT2D eigenvalue weighted by Crippen LogP contribution is 2.25. The molecule has 1 amide bonds. The van der Waals surface area contributed by atoms with Crippen LogP contribution >= 0.6 is 22.9 Å². The van der Waals surface area contributed by atoms with E-state index in [4.69, 9.17) is 11.6 Å². The number of carbonyl (C=O) groups is 1. The Morgan fingerprint density at radius 1 is 1.50 bits per heavy atom. The van der Waals surface area contributed by atoms with Gasteiger partial charge in [-0.2, -0.15) is 0 Å². The number of rotatable bonds is 4. The van der Waals surface area contributed by atoms with E-state index in [2.05, 4.69) is 16.3 Å². The Labute approximate surface area is 117 Å². The summed E-state index contributed by atoms with van der Waals surface area (Å²) in [5.41, 5.74) is 0. The van der Waals surface area contributed by atoms with E-state index in [1.165, 1.54) is 4.88 Å². The molecule has 1 aliphatic heterocycles. The van der Waals surface area contributed by atoms with E-state index in [-0.39, 0.29) is 11.8 Å². The zero-order chi connectivity index (χ0) is 13.0. The minimum absolute atomic E-state index is 0.202. The lowest BCUT2D eigenvalue weighted by atomic mass is 9.96. The van der Waals surface area contributed by atoms with Gasteiger partial charge < -0.3 is 5.32 Å². The summed E-state index contributed by atoms with van der Waals surface area (Å²) in [6.45, 7) is 5.65. The lowest BCUT2D eigenvalue weighted by Gasteiger charge is -2.30. The fourth-order valence-corrected chi connectivity index (χ4v) is 3.46. The van der Waals surface area contributed by atoms with Crippen LogP contribution in [0.2, 0.25) is 4.34 Å². The number of amides is 1. The monoisotopic (exact) mass is 286 g/mol. The molecule has 1 saturated heterocycles. The quantitative estimate of drug-likeness (QED) is 0.923. The van der Waals surface area contributed by atoms with Gasteiger partial charge in [0.05, 0.1) is 4.34 Å². The van der Waals surface area contributed by atoms with Gasteiger partial charge in [-0.05, 0) is 45.0 Å². The van der Waals surface area contributed by atoms with Crippen LogP contribution in [0.25, 0.3) is 0 Å². The van der Waals surface area contributed by atoms with E-state index in [1.54, 1.807) is 11.3 Å². The Bertz CT molecular complexity index is 399. The summed E-state index contributed by atoms with van der Waals surface area (Å²) in [4.78, 5) is 15.4. The van der Waals surface area contributed by atoms with Gasteiger partial charge in [-0.15, -0.1) is 11.3 Å². The summed E-state index contributed by atoms with van der Waals surface area (Å²) in [6, 6.07) is 4.03. The van der Waals surface area contributed by atoms with E-state index in [9.17, 15) is 4.79 Å². The van der Waals surface area contributed by atoms with Crippen molar-refractivity contribution in [2.75, 3.05) is 19.6 Å². The molecule has 0 aliphatic carbocycles. The molecule has 5 heteroatoms. The topological polar surface area (TPSA) is 32.3 Å². The van der Waals surface area contributed by atoms with Crippen molar-refractivity contribution in [1.29, 1.82) is 0 Å². The molecule has 0 saturated carbocycles. The molecule has 0 bridgehead atoms. The Morgan fingerprint density at radius 3 is 2.78 bits per heavy atom. The fraction of sp³-hybridized carbons (Fsp3) is 0.615. The Hall–Kier alpha value is -0.580. The van der Waals surface area contributed by atoms with Crippen LogP contribution < -0.4 is 5.32 Å². The van der Waals surface area contributed by atoms with Gasteiger partial charge in [0, 0.05) is 23.9 Å². The summed E-state index contributed by atoms with van der Waals surface area (Å²) >= 11 is 7.57. The molecule has 1 N–H and O–H groups in total. The van der Waals surface area contributed by atoms with Gasteiger partial charge in [-0.1, -0.05) is 11.6 Å². The van der Waals surface area contributed by atoms with Gasteiger partial charge >= 0.3 is 0 Å². The lowest BCUT2D eigenvalue weighted by molar-refractivity contribution is -0.126. The molecule has 100 valence electrons. The summed E-state index contributed by atoms with van der Waals surface area (Å²) in [6.07, 6.45) is 1.93. The molecular formula is C13H19ClN2OS. The molecule has 0 unspecified atom stereocenters. The number of nitrogens with zero attached hydrogens (tertiary/aromatic N) is 1. The van der Waals surface area contributed by atoms with Crippen LogP contribution in [0, 0.1) is 5.92 Å². The molecule has 0 spiro atoms. The molecule has 2 heterocycles. The molecule has 3 nitrogen and oxygen atoms in total. The predicted molar refractivity (Wildman–Crippen MR) is 76.0 cm³/mol. The van der Waals surface area contributed by atoms with E-state index in [1.807, 2.05) is 13.0 Å². The molecule has 1 aliphatic rings. The summed E-state index contributed by atoms with van der Waals surface area (Å²) < 4.78 is 0.849. The van der Waals surface area contributed by atoms with Crippen LogP contribution in [0.3, 0.4) is 0 Å². The Kier molecular flexibility index (Phi) is 5.03. The molecular weight excluding hydrogens is 268 g/mol. The van der Waals surface area contributed by atoms with Crippen molar-refractivity contribution in [3.05, 3.63) is 21.3 Å². The van der Waals surface area contributed by atoms with Crippen molar-refractivity contribution in [2.45, 2.75) is 26.3 Å². The van der Waals surface area contributed by atoms with Gasteiger partial charge in [0.15, 0.2) is 0 Å². The van der Waals surface area contributed by atoms with Crippen LogP contribution in [0.1, 0.15) is 24.6 Å². The van der Waals surface area contributed by atoms with Crippen molar-refractivity contribution < 1.29 is 4.79 Å². The van der Waals surface area contributed by atoms with Crippen LogP contribution in [0.5, 0.6) is 0 Å². The first-order valence-electron chi connectivity index (χ1n) is 6.43. The van der Waals surface area contributed by atoms with Gasteiger partial charge in [0.25, 0.3) is 0 Å². The molecule has 2 rings (SSSR count). The normalized spacial score (nSPS) is 17.9. The van der Waals surface area contributed by atoms with E-state index < -0.39 is 0 Å². The second-order valence-electron chi connectivity index (χ2n) is 4.65. The van der Waals surface area contributed by atoms with Crippen LogP contribution in [-0.4, -0.2) is 30.4 Å². The number of halogens is 1. The van der Waals surface area contributed by atoms with E-state index in [0.717, 1.165) is 43.4 Å². The number of thiophene rings is 1. The van der Waals surface area contributed by atoms with E-state index in [0.29, 0.717) is 0 Å². The highest BCUT2D eigenvalue weighted by atomic mass is 35.5. The fourth-order valence-electron chi connectivity index (χ4n) is 2.33. The average molecular weight is 287 g/mol. The maximum atomic E-state index is 11.7. The number of piperidine rings is 1. The molecule has 1 aromatic heterocycles. The average Bonchev–Trinajstić information content (AvgIpc) is 2.76. The first kappa shape index (κ1) is 13.8. The highest BCUT2D eigenvalue weighted by molar-refractivity contribution is 7.16. The maximum absolute atomic E-state index is 11.7. The standard InChI is InChI=1S/C13H19ClN2OS/c1-2-15-13(17)10-5-7-16(8-6-10)9-11-3-4-12(14)18-11/h3-4,10H,2,5-9H2,1H3,(H,15,17). The summed E-state index contributed by atoms with van der Waals surface area (Å²) in [7, 11) is 0. The van der Waals surface area contributed by atoms with Gasteiger partial charge in [0.1, 0.15) is 0 Å². The first-order valence-corrected chi connectivity index (χ1v) is 7.62. The Morgan fingerprint density at radius 2 is 2.22 bits per heavy atom.